The minimum atomic E-state index is 0.689. The van der Waals surface area contributed by atoms with Gasteiger partial charge < -0.3 is 0 Å². The third-order valence-electron chi connectivity index (χ3n) is 4.19. The van der Waals surface area contributed by atoms with Gasteiger partial charge >= 0.3 is 0 Å². The summed E-state index contributed by atoms with van der Waals surface area (Å²) in [7, 11) is 0. The Bertz CT molecular complexity index is 249. The Morgan fingerprint density at radius 1 is 1.25 bits per heavy atom. The molecule has 0 aromatic heterocycles. The second-order valence-electron chi connectivity index (χ2n) is 4.75. The van der Waals surface area contributed by atoms with Crippen molar-refractivity contribution in [3.05, 3.63) is 23.8 Å². The van der Waals surface area contributed by atoms with Crippen molar-refractivity contribution in [3.8, 4) is 0 Å². The highest BCUT2D eigenvalue weighted by atomic mass is 14.5. The summed E-state index contributed by atoms with van der Waals surface area (Å²) in [5.74, 6) is 1.09. The van der Waals surface area contributed by atoms with E-state index in [1.165, 1.54) is 38.5 Å². The van der Waals surface area contributed by atoms with Crippen molar-refractivity contribution < 1.29 is 0 Å². The van der Waals surface area contributed by atoms with E-state index >= 15 is 0 Å². The van der Waals surface area contributed by atoms with Crippen molar-refractivity contribution >= 4 is 0 Å². The summed E-state index contributed by atoms with van der Waals surface area (Å²) in [6.07, 6.45) is 15.7. The van der Waals surface area contributed by atoms with Crippen molar-refractivity contribution in [2.45, 2.75) is 38.5 Å². The molecule has 2 bridgehead atoms. The summed E-state index contributed by atoms with van der Waals surface area (Å²) >= 11 is 0. The minimum Gasteiger partial charge on any atom is -0.0804 e. The zero-order valence-corrected chi connectivity index (χ0v) is 7.55. The SMILES string of the molecule is C1=CCC(C23CCC(CC2)C3)=C1. The van der Waals surface area contributed by atoms with Gasteiger partial charge in [0.25, 0.3) is 0 Å². The Morgan fingerprint density at radius 2 is 2.08 bits per heavy atom. The molecular formula is C12H16. The van der Waals surface area contributed by atoms with Crippen LogP contribution < -0.4 is 0 Å². The number of fused-ring (bicyclic) bond motifs is 2. The van der Waals surface area contributed by atoms with Gasteiger partial charge in [0.2, 0.25) is 0 Å². The lowest BCUT2D eigenvalue weighted by molar-refractivity contribution is 0.355. The molecule has 0 spiro atoms. The fourth-order valence-electron chi connectivity index (χ4n) is 3.48. The molecule has 0 atom stereocenters. The van der Waals surface area contributed by atoms with Gasteiger partial charge in [-0.15, -0.1) is 0 Å². The Kier molecular flexibility index (Phi) is 1.30. The first kappa shape index (κ1) is 6.94. The maximum absolute atomic E-state index is 2.38. The molecule has 0 aliphatic heterocycles. The predicted octanol–water partition coefficient (Wildman–Crippen LogP) is 3.45. The van der Waals surface area contributed by atoms with Crippen LogP contribution >= 0.6 is 0 Å². The number of hydrogen-bond acceptors (Lipinski definition) is 0. The van der Waals surface area contributed by atoms with Gasteiger partial charge in [0.15, 0.2) is 0 Å². The summed E-state index contributed by atoms with van der Waals surface area (Å²) in [4.78, 5) is 0. The molecule has 0 unspecified atom stereocenters. The van der Waals surface area contributed by atoms with Crippen molar-refractivity contribution in [1.29, 1.82) is 0 Å². The summed E-state index contributed by atoms with van der Waals surface area (Å²) in [6, 6.07) is 0. The van der Waals surface area contributed by atoms with E-state index in [0.717, 1.165) is 5.92 Å². The van der Waals surface area contributed by atoms with Crippen LogP contribution in [0.5, 0.6) is 0 Å². The van der Waals surface area contributed by atoms with Crippen LogP contribution in [0.4, 0.5) is 0 Å². The van der Waals surface area contributed by atoms with Crippen LogP contribution in [-0.4, -0.2) is 0 Å². The molecule has 3 aliphatic carbocycles. The van der Waals surface area contributed by atoms with Crippen LogP contribution in [-0.2, 0) is 0 Å². The quantitative estimate of drug-likeness (QED) is 0.551. The molecule has 3 aliphatic rings. The van der Waals surface area contributed by atoms with Crippen molar-refractivity contribution in [2.75, 3.05) is 0 Å². The van der Waals surface area contributed by atoms with Gasteiger partial charge in [-0.3, -0.25) is 0 Å². The molecule has 0 radical (unpaired) electrons. The van der Waals surface area contributed by atoms with Crippen molar-refractivity contribution in [1.82, 2.24) is 0 Å². The maximum atomic E-state index is 2.38. The number of hydrogen-bond donors (Lipinski definition) is 0. The first-order chi connectivity index (χ1) is 5.89. The molecule has 0 amide bonds. The monoisotopic (exact) mass is 160 g/mol. The molecular weight excluding hydrogens is 144 g/mol. The second kappa shape index (κ2) is 2.25. The molecule has 12 heavy (non-hydrogen) atoms. The first-order valence-corrected chi connectivity index (χ1v) is 5.25. The number of rotatable bonds is 1. The molecule has 64 valence electrons. The molecule has 0 heterocycles. The molecule has 0 aromatic carbocycles. The van der Waals surface area contributed by atoms with E-state index in [4.69, 9.17) is 0 Å². The fraction of sp³-hybridized carbons (Fsp3) is 0.667. The molecule has 0 nitrogen and oxygen atoms in total. The second-order valence-corrected chi connectivity index (χ2v) is 4.75. The van der Waals surface area contributed by atoms with Crippen LogP contribution in [0.25, 0.3) is 0 Å². The lowest BCUT2D eigenvalue weighted by atomic mass is 9.77. The highest BCUT2D eigenvalue weighted by Gasteiger charge is 2.46. The van der Waals surface area contributed by atoms with E-state index in [-0.39, 0.29) is 0 Å². The van der Waals surface area contributed by atoms with Gasteiger partial charge in [0.1, 0.15) is 0 Å². The van der Waals surface area contributed by atoms with E-state index in [1.54, 1.807) is 5.57 Å². The summed E-state index contributed by atoms with van der Waals surface area (Å²) in [5, 5.41) is 0. The molecule has 2 fully saturated rings. The van der Waals surface area contributed by atoms with Gasteiger partial charge in [-0.05, 0) is 49.9 Å². The van der Waals surface area contributed by atoms with E-state index in [1.807, 2.05) is 0 Å². The van der Waals surface area contributed by atoms with Crippen LogP contribution in [0.2, 0.25) is 0 Å². The maximum Gasteiger partial charge on any atom is -0.00790 e. The van der Waals surface area contributed by atoms with Crippen LogP contribution in [0, 0.1) is 11.3 Å². The molecule has 0 saturated heterocycles. The van der Waals surface area contributed by atoms with Gasteiger partial charge in [0.05, 0.1) is 0 Å². The Balaban J connectivity index is 1.91. The first-order valence-electron chi connectivity index (χ1n) is 5.25. The normalized spacial score (nSPS) is 44.0. The van der Waals surface area contributed by atoms with Crippen LogP contribution in [0.15, 0.2) is 23.8 Å². The van der Waals surface area contributed by atoms with Crippen LogP contribution in [0.3, 0.4) is 0 Å². The lowest BCUT2D eigenvalue weighted by Gasteiger charge is -2.28. The lowest BCUT2D eigenvalue weighted by Crippen LogP contribution is -2.15. The van der Waals surface area contributed by atoms with Crippen molar-refractivity contribution in [3.63, 3.8) is 0 Å². The topological polar surface area (TPSA) is 0 Å². The summed E-state index contributed by atoms with van der Waals surface area (Å²) < 4.78 is 0. The predicted molar refractivity (Wildman–Crippen MR) is 50.8 cm³/mol. The Hall–Kier alpha value is -0.520. The average molecular weight is 160 g/mol. The van der Waals surface area contributed by atoms with E-state index in [2.05, 4.69) is 18.2 Å². The van der Waals surface area contributed by atoms with Crippen molar-refractivity contribution in [2.24, 2.45) is 11.3 Å². The minimum absolute atomic E-state index is 0.689. The summed E-state index contributed by atoms with van der Waals surface area (Å²) in [6.45, 7) is 0. The van der Waals surface area contributed by atoms with Crippen LogP contribution in [0.1, 0.15) is 38.5 Å². The Labute approximate surface area is 74.4 Å². The van der Waals surface area contributed by atoms with E-state index < -0.39 is 0 Å². The zero-order valence-electron chi connectivity index (χ0n) is 7.55. The molecule has 0 heteroatoms. The Morgan fingerprint density at radius 3 is 2.58 bits per heavy atom. The van der Waals surface area contributed by atoms with E-state index in [9.17, 15) is 0 Å². The highest BCUT2D eigenvalue weighted by molar-refractivity contribution is 5.31. The van der Waals surface area contributed by atoms with Gasteiger partial charge in [-0.25, -0.2) is 0 Å². The van der Waals surface area contributed by atoms with Gasteiger partial charge in [-0.1, -0.05) is 23.8 Å². The standard InChI is InChI=1S/C12H16/c1-2-4-11(3-1)12-7-5-10(9-12)6-8-12/h1-3,10H,4-9H2. The number of allylic oxidation sites excluding steroid dienone is 4. The fourth-order valence-corrected chi connectivity index (χ4v) is 3.48. The highest BCUT2D eigenvalue weighted by Crippen LogP contribution is 2.59. The van der Waals surface area contributed by atoms with Gasteiger partial charge in [-0.2, -0.15) is 0 Å². The largest absolute Gasteiger partial charge is 0.0804 e. The smallest absolute Gasteiger partial charge is 0.00790 e. The molecule has 0 N–H and O–H groups in total. The van der Waals surface area contributed by atoms with E-state index in [0.29, 0.717) is 5.41 Å². The zero-order chi connectivity index (χ0) is 8.02. The average Bonchev–Trinajstić information content (AvgIpc) is 2.82. The third kappa shape index (κ3) is 0.784. The molecule has 2 saturated carbocycles. The third-order valence-corrected chi connectivity index (χ3v) is 4.19. The van der Waals surface area contributed by atoms with Gasteiger partial charge in [0, 0.05) is 0 Å². The summed E-state index contributed by atoms with van der Waals surface area (Å²) in [5.41, 5.74) is 2.44. The molecule has 0 aromatic rings. The molecule has 3 rings (SSSR count).